The van der Waals surface area contributed by atoms with E-state index < -0.39 is 17.1 Å². The van der Waals surface area contributed by atoms with Gasteiger partial charge in [-0.15, -0.1) is 17.9 Å². The van der Waals surface area contributed by atoms with Gasteiger partial charge in [0.25, 0.3) is 5.69 Å². The molecule has 8 heteroatoms. The fraction of sp³-hybridized carbons (Fsp3) is 0.150. The number of nitrogens with zero attached hydrogens (tertiary/aromatic N) is 2. The number of hydrogen-bond donors (Lipinski definition) is 1. The molecule has 1 unspecified atom stereocenters. The first kappa shape index (κ1) is 19.5. The van der Waals surface area contributed by atoms with Crippen LogP contribution in [-0.2, 0) is 11.3 Å². The number of nitrogens with one attached hydrogen (secondary N) is 1. The molecule has 0 spiro atoms. The van der Waals surface area contributed by atoms with E-state index in [9.17, 15) is 14.9 Å². The van der Waals surface area contributed by atoms with Crippen LogP contribution < -0.4 is 5.48 Å². The topological polar surface area (TPSA) is 84.7 Å². The molecule has 3 rings (SSSR count). The van der Waals surface area contributed by atoms with Gasteiger partial charge in [-0.3, -0.25) is 19.9 Å². The highest BCUT2D eigenvalue weighted by molar-refractivity contribution is 7.11. The van der Waals surface area contributed by atoms with Crippen LogP contribution in [-0.4, -0.2) is 28.5 Å². The van der Waals surface area contributed by atoms with Gasteiger partial charge in [-0.2, -0.15) is 0 Å². The smallest absolute Gasteiger partial charge is 0.296 e. The second-order valence-corrected chi connectivity index (χ2v) is 6.94. The Bertz CT molecular complexity index is 921. The van der Waals surface area contributed by atoms with Crippen LogP contribution in [0, 0.1) is 10.1 Å². The van der Waals surface area contributed by atoms with Crippen molar-refractivity contribution in [2.24, 2.45) is 0 Å². The molecule has 0 aliphatic carbocycles. The number of benzene rings is 1. The standard InChI is InChI=1S/C20H19N3O4S/c1-2-17(14-16-6-3-4-7-18(16)23(25)26)27-21-20(24)22-11-9-15(10-12-22)19-8-5-13-28-19/h2-11,13,17H,1,12,14H2,(H,21,24). The van der Waals surface area contributed by atoms with Gasteiger partial charge in [0.2, 0.25) is 0 Å². The minimum atomic E-state index is -0.601. The number of para-hydroxylation sites is 1. The van der Waals surface area contributed by atoms with Gasteiger partial charge in [-0.1, -0.05) is 36.4 Å². The third-order valence-electron chi connectivity index (χ3n) is 4.18. The Hall–Kier alpha value is -3.23. The largest absolute Gasteiger partial charge is 0.345 e. The summed E-state index contributed by atoms with van der Waals surface area (Å²) >= 11 is 1.64. The zero-order chi connectivity index (χ0) is 19.9. The molecule has 0 saturated heterocycles. The van der Waals surface area contributed by atoms with E-state index in [4.69, 9.17) is 4.84 Å². The number of allylic oxidation sites excluding steroid dienone is 2. The van der Waals surface area contributed by atoms with E-state index in [2.05, 4.69) is 12.1 Å². The Kier molecular flexibility index (Phi) is 6.36. The van der Waals surface area contributed by atoms with E-state index in [1.165, 1.54) is 17.0 Å². The zero-order valence-electron chi connectivity index (χ0n) is 15.0. The third-order valence-corrected chi connectivity index (χ3v) is 5.10. The molecule has 1 aliphatic heterocycles. The Morgan fingerprint density at radius 2 is 2.21 bits per heavy atom. The molecule has 0 radical (unpaired) electrons. The summed E-state index contributed by atoms with van der Waals surface area (Å²) in [5.74, 6) is 0. The fourth-order valence-electron chi connectivity index (χ4n) is 2.71. The molecule has 0 saturated carbocycles. The Balaban J connectivity index is 1.54. The minimum absolute atomic E-state index is 0.00878. The molecule has 7 nitrogen and oxygen atoms in total. The summed E-state index contributed by atoms with van der Waals surface area (Å²) in [4.78, 5) is 31.0. The zero-order valence-corrected chi connectivity index (χ0v) is 15.8. The van der Waals surface area contributed by atoms with Crippen molar-refractivity contribution in [1.29, 1.82) is 0 Å². The van der Waals surface area contributed by atoms with Crippen LogP contribution in [0.2, 0.25) is 0 Å². The van der Waals surface area contributed by atoms with Gasteiger partial charge in [0.15, 0.2) is 0 Å². The van der Waals surface area contributed by atoms with Crippen LogP contribution in [0.15, 0.2) is 72.8 Å². The van der Waals surface area contributed by atoms with E-state index in [1.807, 2.05) is 29.7 Å². The van der Waals surface area contributed by atoms with Crippen molar-refractivity contribution >= 4 is 28.6 Å². The number of rotatable bonds is 7. The summed E-state index contributed by atoms with van der Waals surface area (Å²) in [6.45, 7) is 4.10. The maximum atomic E-state index is 12.3. The van der Waals surface area contributed by atoms with E-state index in [-0.39, 0.29) is 12.1 Å². The van der Waals surface area contributed by atoms with Crippen LogP contribution >= 0.6 is 11.3 Å². The normalized spacial score (nSPS) is 14.3. The lowest BCUT2D eigenvalue weighted by Gasteiger charge is -2.22. The molecular formula is C20H19N3O4S. The molecule has 1 N–H and O–H groups in total. The fourth-order valence-corrected chi connectivity index (χ4v) is 3.46. The number of thiophene rings is 1. The number of hydrogen-bond acceptors (Lipinski definition) is 5. The van der Waals surface area contributed by atoms with Crippen molar-refractivity contribution in [1.82, 2.24) is 10.4 Å². The lowest BCUT2D eigenvalue weighted by atomic mass is 10.1. The molecule has 2 amide bonds. The Morgan fingerprint density at radius 1 is 1.39 bits per heavy atom. The molecule has 1 atom stereocenters. The van der Waals surface area contributed by atoms with Crippen LogP contribution in [0.3, 0.4) is 0 Å². The van der Waals surface area contributed by atoms with Gasteiger partial charge in [-0.05, 0) is 23.1 Å². The lowest BCUT2D eigenvalue weighted by Crippen LogP contribution is -2.39. The van der Waals surface area contributed by atoms with Gasteiger partial charge >= 0.3 is 6.03 Å². The maximum Gasteiger partial charge on any atom is 0.345 e. The molecule has 1 aliphatic rings. The van der Waals surface area contributed by atoms with E-state index >= 15 is 0 Å². The van der Waals surface area contributed by atoms with E-state index in [0.717, 1.165) is 10.5 Å². The summed E-state index contributed by atoms with van der Waals surface area (Å²) < 4.78 is 0. The molecular weight excluding hydrogens is 378 g/mol. The molecule has 28 heavy (non-hydrogen) atoms. The second kappa shape index (κ2) is 9.12. The van der Waals surface area contributed by atoms with Gasteiger partial charge in [0, 0.05) is 35.7 Å². The summed E-state index contributed by atoms with van der Waals surface area (Å²) in [7, 11) is 0. The van der Waals surface area contributed by atoms with Crippen molar-refractivity contribution in [2.75, 3.05) is 6.54 Å². The molecule has 1 aromatic carbocycles. The molecule has 2 aromatic rings. The van der Waals surface area contributed by atoms with Crippen molar-refractivity contribution in [3.8, 4) is 0 Å². The van der Waals surface area contributed by atoms with Crippen LogP contribution in [0.5, 0.6) is 0 Å². The summed E-state index contributed by atoms with van der Waals surface area (Å²) in [5, 5.41) is 13.1. The number of carbonyl (C=O) groups excluding carboxylic acids is 1. The predicted molar refractivity (Wildman–Crippen MR) is 109 cm³/mol. The van der Waals surface area contributed by atoms with Crippen LogP contribution in [0.25, 0.3) is 5.57 Å². The van der Waals surface area contributed by atoms with Crippen LogP contribution in [0.1, 0.15) is 10.4 Å². The first-order valence-corrected chi connectivity index (χ1v) is 9.46. The van der Waals surface area contributed by atoms with Crippen molar-refractivity contribution < 1.29 is 14.6 Å². The summed E-state index contributed by atoms with van der Waals surface area (Å²) in [6, 6.07) is 10.00. The van der Waals surface area contributed by atoms with Gasteiger partial charge in [-0.25, -0.2) is 10.3 Å². The van der Waals surface area contributed by atoms with Gasteiger partial charge < -0.3 is 0 Å². The average molecular weight is 397 g/mol. The summed E-state index contributed by atoms with van der Waals surface area (Å²) in [5.41, 5.74) is 3.98. The third kappa shape index (κ3) is 4.73. The van der Waals surface area contributed by atoms with Crippen molar-refractivity contribution in [2.45, 2.75) is 12.5 Å². The predicted octanol–water partition coefficient (Wildman–Crippen LogP) is 4.31. The highest BCUT2D eigenvalue weighted by Gasteiger charge is 2.19. The SMILES string of the molecule is C=CC(Cc1ccccc1[N+](=O)[O-])ONC(=O)N1C=CC(c2cccs2)=CC1. The minimum Gasteiger partial charge on any atom is -0.296 e. The molecule has 1 aromatic heterocycles. The Labute approximate surface area is 166 Å². The van der Waals surface area contributed by atoms with Gasteiger partial charge in [0.1, 0.15) is 6.10 Å². The number of nitro groups is 1. The second-order valence-electron chi connectivity index (χ2n) is 5.99. The lowest BCUT2D eigenvalue weighted by molar-refractivity contribution is -0.385. The summed E-state index contributed by atoms with van der Waals surface area (Å²) in [6.07, 6.45) is 6.64. The maximum absolute atomic E-state index is 12.3. The molecule has 0 bridgehead atoms. The first-order valence-electron chi connectivity index (χ1n) is 8.58. The van der Waals surface area contributed by atoms with Crippen molar-refractivity contribution in [3.05, 3.63) is 93.3 Å². The molecule has 0 fully saturated rings. The molecule has 2 heterocycles. The van der Waals surface area contributed by atoms with E-state index in [0.29, 0.717) is 12.1 Å². The van der Waals surface area contributed by atoms with Gasteiger partial charge in [0.05, 0.1) is 4.92 Å². The number of amides is 2. The quantitative estimate of drug-likeness (QED) is 0.429. The number of carbonyl (C=O) groups is 1. The number of hydroxylamine groups is 1. The Morgan fingerprint density at radius 3 is 2.86 bits per heavy atom. The van der Waals surface area contributed by atoms with E-state index in [1.54, 1.807) is 35.7 Å². The van der Waals surface area contributed by atoms with Crippen LogP contribution in [0.4, 0.5) is 10.5 Å². The number of nitro benzene ring substituents is 1. The average Bonchev–Trinajstić information content (AvgIpc) is 3.26. The molecule has 144 valence electrons. The number of urea groups is 1. The van der Waals surface area contributed by atoms with Crippen molar-refractivity contribution in [3.63, 3.8) is 0 Å². The highest BCUT2D eigenvalue weighted by atomic mass is 32.1. The first-order chi connectivity index (χ1) is 13.6. The highest BCUT2D eigenvalue weighted by Crippen LogP contribution is 2.24. The monoisotopic (exact) mass is 397 g/mol.